The minimum Gasteiger partial charge on any atom is -0.351 e. The van der Waals surface area contributed by atoms with Crippen molar-refractivity contribution in [1.82, 2.24) is 0 Å². The Morgan fingerprint density at radius 2 is 1.50 bits per heavy atom. The molecule has 0 unspecified atom stereocenters. The first kappa shape index (κ1) is 17.6. The summed E-state index contributed by atoms with van der Waals surface area (Å²) in [6.07, 6.45) is 0.979. The van der Waals surface area contributed by atoms with Gasteiger partial charge in [-0.3, -0.25) is 4.79 Å². The highest BCUT2D eigenvalue weighted by Gasteiger charge is 2.22. The highest BCUT2D eigenvalue weighted by molar-refractivity contribution is 6.06. The lowest BCUT2D eigenvalue weighted by molar-refractivity contribution is 0.102. The number of primary amides is 1. The van der Waals surface area contributed by atoms with Crippen LogP contribution in [-0.4, -0.2) is 18.5 Å². The Labute approximate surface area is 163 Å². The molecule has 0 saturated heterocycles. The van der Waals surface area contributed by atoms with Crippen molar-refractivity contribution < 1.29 is 9.59 Å². The quantitative estimate of drug-likeness (QED) is 0.644. The minimum absolute atomic E-state index is 0.217. The molecular formula is C22H20N4O2. The zero-order valence-electron chi connectivity index (χ0n) is 15.2. The van der Waals surface area contributed by atoms with Crippen molar-refractivity contribution >= 4 is 34.7 Å². The van der Waals surface area contributed by atoms with Gasteiger partial charge in [-0.2, -0.15) is 0 Å². The number of carbonyl (C=O) groups is 2. The molecule has 0 spiro atoms. The fraction of sp³-hybridized carbons (Fsp3) is 0.0909. The molecule has 0 fully saturated rings. The van der Waals surface area contributed by atoms with Gasteiger partial charge in [0.2, 0.25) is 0 Å². The number of hydrogen-bond acceptors (Lipinski definition) is 3. The predicted molar refractivity (Wildman–Crippen MR) is 111 cm³/mol. The summed E-state index contributed by atoms with van der Waals surface area (Å²) in [6.45, 7) is 0.875. The molecule has 28 heavy (non-hydrogen) atoms. The fourth-order valence-electron chi connectivity index (χ4n) is 3.44. The highest BCUT2D eigenvalue weighted by Crippen LogP contribution is 2.38. The number of rotatable bonds is 4. The number of nitrogens with two attached hydrogens (primary N) is 1. The third-order valence-corrected chi connectivity index (χ3v) is 4.74. The van der Waals surface area contributed by atoms with E-state index in [2.05, 4.69) is 27.7 Å². The van der Waals surface area contributed by atoms with E-state index in [1.807, 2.05) is 36.4 Å². The van der Waals surface area contributed by atoms with Crippen molar-refractivity contribution in [1.29, 1.82) is 0 Å². The molecule has 6 heteroatoms. The van der Waals surface area contributed by atoms with E-state index in [1.165, 1.54) is 11.3 Å². The molecule has 0 aromatic heterocycles. The number of nitrogens with one attached hydrogen (secondary N) is 2. The van der Waals surface area contributed by atoms with Gasteiger partial charge < -0.3 is 21.3 Å². The van der Waals surface area contributed by atoms with Crippen LogP contribution < -0.4 is 21.3 Å². The Morgan fingerprint density at radius 3 is 2.25 bits per heavy atom. The Hall–Kier alpha value is -3.80. The molecule has 4 N–H and O–H groups in total. The first-order valence-electron chi connectivity index (χ1n) is 9.04. The van der Waals surface area contributed by atoms with Crippen molar-refractivity contribution in [3.05, 3.63) is 83.9 Å². The Kier molecular flexibility index (Phi) is 4.68. The molecule has 1 aliphatic rings. The maximum absolute atomic E-state index is 12.7. The highest BCUT2D eigenvalue weighted by atomic mass is 16.2. The summed E-state index contributed by atoms with van der Waals surface area (Å²) >= 11 is 0. The molecule has 4 rings (SSSR count). The van der Waals surface area contributed by atoms with E-state index >= 15 is 0 Å². The molecule has 0 radical (unpaired) electrons. The smallest absolute Gasteiger partial charge is 0.316 e. The SMILES string of the molecule is NC(=O)Nc1ccc(C(=O)Nc2ccccc2N2CCc3ccccc32)cc1. The van der Waals surface area contributed by atoms with E-state index in [9.17, 15) is 9.59 Å². The number of anilines is 4. The normalized spacial score (nSPS) is 12.4. The van der Waals surface area contributed by atoms with Crippen LogP contribution in [0.5, 0.6) is 0 Å². The van der Waals surface area contributed by atoms with E-state index in [-0.39, 0.29) is 5.91 Å². The van der Waals surface area contributed by atoms with Crippen LogP contribution >= 0.6 is 0 Å². The van der Waals surface area contributed by atoms with E-state index in [4.69, 9.17) is 5.73 Å². The van der Waals surface area contributed by atoms with Crippen LogP contribution in [0.15, 0.2) is 72.8 Å². The van der Waals surface area contributed by atoms with Gasteiger partial charge in [0.25, 0.3) is 5.91 Å². The summed E-state index contributed by atoms with van der Waals surface area (Å²) in [6, 6.07) is 22.0. The topological polar surface area (TPSA) is 87.5 Å². The van der Waals surface area contributed by atoms with E-state index in [0.717, 1.165) is 24.3 Å². The van der Waals surface area contributed by atoms with Gasteiger partial charge in [-0.05, 0) is 54.4 Å². The number of nitrogens with zero attached hydrogens (tertiary/aromatic N) is 1. The lowest BCUT2D eigenvalue weighted by Gasteiger charge is -2.23. The van der Waals surface area contributed by atoms with Crippen LogP contribution in [0.4, 0.5) is 27.5 Å². The first-order chi connectivity index (χ1) is 13.6. The summed E-state index contributed by atoms with van der Waals surface area (Å²) in [5.41, 5.74) is 10.3. The third kappa shape index (κ3) is 3.53. The van der Waals surface area contributed by atoms with Crippen molar-refractivity contribution in [3.8, 4) is 0 Å². The van der Waals surface area contributed by atoms with Crippen LogP contribution in [0.1, 0.15) is 15.9 Å². The van der Waals surface area contributed by atoms with Gasteiger partial charge >= 0.3 is 6.03 Å². The second-order valence-electron chi connectivity index (χ2n) is 6.57. The summed E-state index contributed by atoms with van der Waals surface area (Å²) in [7, 11) is 0. The van der Waals surface area contributed by atoms with E-state index in [0.29, 0.717) is 11.3 Å². The largest absolute Gasteiger partial charge is 0.351 e. The third-order valence-electron chi connectivity index (χ3n) is 4.74. The lowest BCUT2D eigenvalue weighted by Crippen LogP contribution is -2.20. The average Bonchev–Trinajstić information content (AvgIpc) is 3.12. The van der Waals surface area contributed by atoms with Crippen molar-refractivity contribution in [2.45, 2.75) is 6.42 Å². The number of carbonyl (C=O) groups excluding carboxylic acids is 2. The fourth-order valence-corrected chi connectivity index (χ4v) is 3.44. The van der Waals surface area contributed by atoms with Crippen LogP contribution in [0.25, 0.3) is 0 Å². The monoisotopic (exact) mass is 372 g/mol. The number of fused-ring (bicyclic) bond motifs is 1. The molecule has 6 nitrogen and oxygen atoms in total. The second kappa shape index (κ2) is 7.44. The maximum atomic E-state index is 12.7. The first-order valence-corrected chi connectivity index (χ1v) is 9.04. The van der Waals surface area contributed by atoms with Gasteiger partial charge in [-0.15, -0.1) is 0 Å². The predicted octanol–water partition coefficient (Wildman–Crippen LogP) is 4.12. The summed E-state index contributed by atoms with van der Waals surface area (Å²) in [4.78, 5) is 25.9. The van der Waals surface area contributed by atoms with Crippen LogP contribution in [-0.2, 0) is 6.42 Å². The average molecular weight is 372 g/mol. The molecule has 3 amide bonds. The number of amides is 3. The van der Waals surface area contributed by atoms with Gasteiger partial charge in [-0.1, -0.05) is 30.3 Å². The minimum atomic E-state index is -0.642. The van der Waals surface area contributed by atoms with Gasteiger partial charge in [0, 0.05) is 23.5 Å². The van der Waals surface area contributed by atoms with Crippen molar-refractivity contribution in [2.24, 2.45) is 5.73 Å². The molecule has 0 saturated carbocycles. The Bertz CT molecular complexity index is 1030. The second-order valence-corrected chi connectivity index (χ2v) is 6.57. The summed E-state index contributed by atoms with van der Waals surface area (Å²) in [5.74, 6) is -0.217. The van der Waals surface area contributed by atoms with E-state index in [1.54, 1.807) is 24.3 Å². The standard InChI is InChI=1S/C22H20N4O2/c23-22(28)24-17-11-9-16(10-12-17)21(27)25-18-6-2-4-8-20(18)26-14-13-15-5-1-3-7-19(15)26/h1-12H,13-14H2,(H,25,27)(H3,23,24,28). The van der Waals surface area contributed by atoms with Crippen LogP contribution in [0.3, 0.4) is 0 Å². The van der Waals surface area contributed by atoms with Gasteiger partial charge in [0.05, 0.1) is 11.4 Å². The lowest BCUT2D eigenvalue weighted by atomic mass is 10.1. The zero-order chi connectivity index (χ0) is 19.5. The van der Waals surface area contributed by atoms with Crippen molar-refractivity contribution in [2.75, 3.05) is 22.1 Å². The van der Waals surface area contributed by atoms with Gasteiger partial charge in [0.1, 0.15) is 0 Å². The molecule has 1 aliphatic heterocycles. The number of benzene rings is 3. The molecule has 140 valence electrons. The molecule has 3 aromatic rings. The maximum Gasteiger partial charge on any atom is 0.316 e. The summed E-state index contributed by atoms with van der Waals surface area (Å²) < 4.78 is 0. The number of hydrogen-bond donors (Lipinski definition) is 3. The molecule has 0 atom stereocenters. The molecule has 0 aliphatic carbocycles. The van der Waals surface area contributed by atoms with E-state index < -0.39 is 6.03 Å². The van der Waals surface area contributed by atoms with Gasteiger partial charge in [0.15, 0.2) is 0 Å². The Morgan fingerprint density at radius 1 is 0.821 bits per heavy atom. The molecule has 3 aromatic carbocycles. The number of para-hydroxylation sites is 3. The van der Waals surface area contributed by atoms with Crippen LogP contribution in [0, 0.1) is 0 Å². The zero-order valence-corrected chi connectivity index (χ0v) is 15.2. The van der Waals surface area contributed by atoms with Crippen molar-refractivity contribution in [3.63, 3.8) is 0 Å². The Balaban J connectivity index is 1.56. The molecule has 0 bridgehead atoms. The number of urea groups is 1. The molecular weight excluding hydrogens is 352 g/mol. The molecule has 1 heterocycles. The van der Waals surface area contributed by atoms with Gasteiger partial charge in [-0.25, -0.2) is 4.79 Å². The van der Waals surface area contributed by atoms with Crippen LogP contribution in [0.2, 0.25) is 0 Å². The summed E-state index contributed by atoms with van der Waals surface area (Å²) in [5, 5.41) is 5.48.